The number of benzene rings is 1. The second-order valence-electron chi connectivity index (χ2n) is 6.26. The van der Waals surface area contributed by atoms with E-state index in [-0.39, 0.29) is 5.91 Å². The highest BCUT2D eigenvalue weighted by molar-refractivity contribution is 8.01. The zero-order chi connectivity index (χ0) is 17.3. The molecule has 0 bridgehead atoms. The first kappa shape index (κ1) is 18.2. The molecule has 2 aromatic rings. The predicted molar refractivity (Wildman–Crippen MR) is 104 cm³/mol. The maximum atomic E-state index is 12.1. The molecular weight excluding hydrogens is 352 g/mol. The molecule has 0 atom stereocenters. The third kappa shape index (κ3) is 6.32. The number of aromatic nitrogens is 2. The van der Waals surface area contributed by atoms with Gasteiger partial charge >= 0.3 is 0 Å². The molecule has 0 radical (unpaired) electrons. The summed E-state index contributed by atoms with van der Waals surface area (Å²) in [6.45, 7) is 0.725. The van der Waals surface area contributed by atoms with E-state index < -0.39 is 0 Å². The molecule has 1 aliphatic rings. The number of hydrogen-bond donors (Lipinski definition) is 2. The van der Waals surface area contributed by atoms with Gasteiger partial charge in [-0.1, -0.05) is 79.1 Å². The summed E-state index contributed by atoms with van der Waals surface area (Å²) in [5.74, 6) is 0.509. The first-order valence-corrected chi connectivity index (χ1v) is 10.6. The van der Waals surface area contributed by atoms with Gasteiger partial charge in [0.05, 0.1) is 5.75 Å². The van der Waals surface area contributed by atoms with Gasteiger partial charge in [0.1, 0.15) is 0 Å². The molecule has 2 N–H and O–H groups in total. The van der Waals surface area contributed by atoms with Crippen molar-refractivity contribution < 1.29 is 4.79 Å². The van der Waals surface area contributed by atoms with E-state index >= 15 is 0 Å². The Morgan fingerprint density at radius 3 is 2.64 bits per heavy atom. The van der Waals surface area contributed by atoms with Gasteiger partial charge in [-0.15, -0.1) is 10.2 Å². The molecule has 0 saturated heterocycles. The smallest absolute Gasteiger partial charge is 0.230 e. The Bertz CT molecular complexity index is 654. The second kappa shape index (κ2) is 9.77. The normalized spacial score (nSPS) is 15.5. The Labute approximate surface area is 157 Å². The van der Waals surface area contributed by atoms with Crippen molar-refractivity contribution in [3.63, 3.8) is 0 Å². The van der Waals surface area contributed by atoms with Gasteiger partial charge in [0.25, 0.3) is 0 Å². The topological polar surface area (TPSA) is 66.9 Å². The molecule has 0 unspecified atom stereocenters. The Morgan fingerprint density at radius 1 is 1.12 bits per heavy atom. The lowest BCUT2D eigenvalue weighted by molar-refractivity contribution is -0.119. The van der Waals surface area contributed by atoms with Crippen LogP contribution in [0, 0.1) is 0 Å². The number of rotatable bonds is 7. The summed E-state index contributed by atoms with van der Waals surface area (Å²) < 4.78 is 0.826. The van der Waals surface area contributed by atoms with Crippen LogP contribution in [-0.4, -0.2) is 27.9 Å². The Hall–Kier alpha value is -1.60. The van der Waals surface area contributed by atoms with Crippen molar-refractivity contribution in [1.82, 2.24) is 15.5 Å². The van der Waals surface area contributed by atoms with Crippen molar-refractivity contribution in [2.75, 3.05) is 11.1 Å². The summed E-state index contributed by atoms with van der Waals surface area (Å²) in [7, 11) is 0. The summed E-state index contributed by atoms with van der Waals surface area (Å²) in [6, 6.07) is 10.5. The fourth-order valence-corrected chi connectivity index (χ4v) is 4.49. The van der Waals surface area contributed by atoms with Crippen LogP contribution in [0.15, 0.2) is 34.7 Å². The summed E-state index contributed by atoms with van der Waals surface area (Å²) in [5.41, 5.74) is 1.20. The molecule has 0 spiro atoms. The lowest BCUT2D eigenvalue weighted by Gasteiger charge is -2.15. The monoisotopic (exact) mass is 376 g/mol. The Morgan fingerprint density at radius 2 is 1.88 bits per heavy atom. The van der Waals surface area contributed by atoms with Crippen LogP contribution in [0.4, 0.5) is 5.13 Å². The lowest BCUT2D eigenvalue weighted by atomic mass is 10.1. The molecule has 1 aliphatic carbocycles. The van der Waals surface area contributed by atoms with Crippen LogP contribution in [0.3, 0.4) is 0 Å². The predicted octanol–water partition coefficient (Wildman–Crippen LogP) is 4.08. The van der Waals surface area contributed by atoms with Gasteiger partial charge in [0.2, 0.25) is 11.0 Å². The first-order valence-electron chi connectivity index (χ1n) is 8.83. The number of carbonyl (C=O) groups is 1. The van der Waals surface area contributed by atoms with Gasteiger partial charge in [-0.25, -0.2) is 0 Å². The van der Waals surface area contributed by atoms with Crippen LogP contribution in [-0.2, 0) is 11.3 Å². The van der Waals surface area contributed by atoms with E-state index in [0.717, 1.165) is 28.9 Å². The summed E-state index contributed by atoms with van der Waals surface area (Å²) in [4.78, 5) is 12.1. The van der Waals surface area contributed by atoms with E-state index in [4.69, 9.17) is 0 Å². The third-order valence-electron chi connectivity index (χ3n) is 4.24. The van der Waals surface area contributed by atoms with Crippen LogP contribution >= 0.6 is 23.1 Å². The minimum atomic E-state index is 0.103. The van der Waals surface area contributed by atoms with Gasteiger partial charge in [-0.2, -0.15) is 0 Å². The highest BCUT2D eigenvalue weighted by Gasteiger charge is 2.15. The summed E-state index contributed by atoms with van der Waals surface area (Å²) >= 11 is 2.95. The number of anilines is 1. The molecule has 5 nitrogen and oxygen atoms in total. The Kier molecular flexibility index (Phi) is 7.11. The molecule has 134 valence electrons. The van der Waals surface area contributed by atoms with Crippen molar-refractivity contribution >= 4 is 34.1 Å². The summed E-state index contributed by atoms with van der Waals surface area (Å²) in [6.07, 6.45) is 7.27. The number of thioether (sulfide) groups is 1. The van der Waals surface area contributed by atoms with Gasteiger partial charge < -0.3 is 10.6 Å². The maximum absolute atomic E-state index is 12.1. The van der Waals surface area contributed by atoms with Crippen LogP contribution < -0.4 is 10.6 Å². The highest BCUT2D eigenvalue weighted by Crippen LogP contribution is 2.26. The van der Waals surface area contributed by atoms with E-state index in [1.165, 1.54) is 54.3 Å². The van der Waals surface area contributed by atoms with E-state index in [1.54, 1.807) is 0 Å². The molecule has 1 amide bonds. The van der Waals surface area contributed by atoms with E-state index in [9.17, 15) is 4.79 Å². The molecule has 1 aromatic heterocycles. The maximum Gasteiger partial charge on any atom is 0.230 e. The SMILES string of the molecule is O=C(CSc1nnc(NCc2ccccc2)s1)NC1CCCCCC1. The number of carbonyl (C=O) groups excluding carboxylic acids is 1. The van der Waals surface area contributed by atoms with Crippen molar-refractivity contribution in [1.29, 1.82) is 0 Å². The third-order valence-corrected chi connectivity index (χ3v) is 6.25. The van der Waals surface area contributed by atoms with Crippen LogP contribution in [0.25, 0.3) is 0 Å². The largest absolute Gasteiger partial charge is 0.356 e. The molecule has 3 rings (SSSR count). The molecule has 1 heterocycles. The molecule has 1 aromatic carbocycles. The number of amides is 1. The number of nitrogens with zero attached hydrogens (tertiary/aromatic N) is 2. The average molecular weight is 377 g/mol. The van der Waals surface area contributed by atoms with Crippen LogP contribution in [0.1, 0.15) is 44.1 Å². The average Bonchev–Trinajstić information content (AvgIpc) is 2.94. The number of nitrogens with one attached hydrogen (secondary N) is 2. The van der Waals surface area contributed by atoms with Gasteiger partial charge in [0.15, 0.2) is 4.34 Å². The fraction of sp³-hybridized carbons (Fsp3) is 0.500. The van der Waals surface area contributed by atoms with E-state index in [0.29, 0.717) is 11.8 Å². The molecular formula is C18H24N4OS2. The van der Waals surface area contributed by atoms with Crippen molar-refractivity contribution in [2.45, 2.75) is 55.5 Å². The minimum Gasteiger partial charge on any atom is -0.356 e. The molecule has 0 aliphatic heterocycles. The molecule has 25 heavy (non-hydrogen) atoms. The highest BCUT2D eigenvalue weighted by atomic mass is 32.2. The van der Waals surface area contributed by atoms with Crippen LogP contribution in [0.2, 0.25) is 0 Å². The zero-order valence-electron chi connectivity index (χ0n) is 14.2. The number of hydrogen-bond acceptors (Lipinski definition) is 6. The molecule has 7 heteroatoms. The van der Waals surface area contributed by atoms with Gasteiger partial charge in [-0.3, -0.25) is 4.79 Å². The first-order chi connectivity index (χ1) is 12.3. The Balaban J connectivity index is 1.39. The summed E-state index contributed by atoms with van der Waals surface area (Å²) in [5, 5.41) is 15.5. The molecule has 1 saturated carbocycles. The van der Waals surface area contributed by atoms with Crippen molar-refractivity contribution in [2.24, 2.45) is 0 Å². The van der Waals surface area contributed by atoms with Gasteiger partial charge in [0, 0.05) is 12.6 Å². The molecule has 1 fully saturated rings. The standard InChI is InChI=1S/C18H24N4OS2/c23-16(20-15-10-6-1-2-7-11-15)13-24-18-22-21-17(25-18)19-12-14-8-4-3-5-9-14/h3-5,8-9,15H,1-2,6-7,10-13H2,(H,19,21)(H,20,23). The van der Waals surface area contributed by atoms with Crippen molar-refractivity contribution in [3.8, 4) is 0 Å². The minimum absolute atomic E-state index is 0.103. The fourth-order valence-electron chi connectivity index (χ4n) is 2.93. The van der Waals surface area contributed by atoms with E-state index in [2.05, 4.69) is 33.0 Å². The zero-order valence-corrected chi connectivity index (χ0v) is 15.9. The van der Waals surface area contributed by atoms with Crippen molar-refractivity contribution in [3.05, 3.63) is 35.9 Å². The lowest BCUT2D eigenvalue weighted by Crippen LogP contribution is -2.35. The van der Waals surface area contributed by atoms with Gasteiger partial charge in [-0.05, 0) is 18.4 Å². The quantitative estimate of drug-likeness (QED) is 0.563. The second-order valence-corrected chi connectivity index (χ2v) is 8.46. The van der Waals surface area contributed by atoms with Crippen LogP contribution in [0.5, 0.6) is 0 Å². The van der Waals surface area contributed by atoms with E-state index in [1.807, 2.05) is 18.2 Å².